The van der Waals surface area contributed by atoms with Crippen molar-refractivity contribution in [3.05, 3.63) is 144 Å². The first-order valence-electron chi connectivity index (χ1n) is 11.7. The second-order valence-corrected chi connectivity index (χ2v) is 8.09. The van der Waals surface area contributed by atoms with Gasteiger partial charge in [-0.3, -0.25) is 0 Å². The SMILES string of the molecule is C=CCOCc1ccccc1C(O)(c1ccccc1COCC=C)c1ccccc1COCC=C. The van der Waals surface area contributed by atoms with Crippen LogP contribution in [0.4, 0.5) is 0 Å². The first kappa shape index (κ1) is 26.3. The van der Waals surface area contributed by atoms with Crippen LogP contribution >= 0.6 is 0 Å². The third-order valence-corrected chi connectivity index (χ3v) is 5.70. The topological polar surface area (TPSA) is 47.9 Å². The Hall–Kier alpha value is -3.28. The number of benzene rings is 3. The van der Waals surface area contributed by atoms with Crippen LogP contribution in [0.15, 0.2) is 111 Å². The van der Waals surface area contributed by atoms with E-state index in [1.165, 1.54) is 0 Å². The third-order valence-electron chi connectivity index (χ3n) is 5.70. The van der Waals surface area contributed by atoms with Crippen LogP contribution in [0, 0.1) is 0 Å². The quantitative estimate of drug-likeness (QED) is 0.166. The van der Waals surface area contributed by atoms with Crippen LogP contribution in [0.1, 0.15) is 33.4 Å². The summed E-state index contributed by atoms with van der Waals surface area (Å²) in [6.07, 6.45) is 5.15. The molecule has 0 saturated carbocycles. The molecular formula is C31H34O4. The van der Waals surface area contributed by atoms with Crippen molar-refractivity contribution in [1.29, 1.82) is 0 Å². The minimum absolute atomic E-state index is 0.342. The normalized spacial score (nSPS) is 11.2. The molecule has 0 aromatic heterocycles. The van der Waals surface area contributed by atoms with E-state index in [9.17, 15) is 5.11 Å². The Kier molecular flexibility index (Phi) is 10.2. The molecule has 0 radical (unpaired) electrons. The largest absolute Gasteiger partial charge is 0.376 e. The Morgan fingerprint density at radius 2 is 0.829 bits per heavy atom. The van der Waals surface area contributed by atoms with Gasteiger partial charge in [0.1, 0.15) is 5.60 Å². The van der Waals surface area contributed by atoms with Gasteiger partial charge < -0.3 is 19.3 Å². The lowest BCUT2D eigenvalue weighted by Gasteiger charge is -2.35. The van der Waals surface area contributed by atoms with Gasteiger partial charge in [-0.2, -0.15) is 0 Å². The first-order chi connectivity index (χ1) is 17.2. The number of rotatable bonds is 15. The van der Waals surface area contributed by atoms with E-state index in [1.807, 2.05) is 72.8 Å². The summed E-state index contributed by atoms with van der Waals surface area (Å²) < 4.78 is 17.4. The molecule has 4 nitrogen and oxygen atoms in total. The Morgan fingerprint density at radius 3 is 1.11 bits per heavy atom. The van der Waals surface area contributed by atoms with Gasteiger partial charge in [0.05, 0.1) is 39.6 Å². The molecule has 0 atom stereocenters. The first-order valence-corrected chi connectivity index (χ1v) is 11.7. The predicted molar refractivity (Wildman–Crippen MR) is 141 cm³/mol. The van der Waals surface area contributed by atoms with Crippen LogP contribution in [0.3, 0.4) is 0 Å². The van der Waals surface area contributed by atoms with Crippen LogP contribution < -0.4 is 0 Å². The van der Waals surface area contributed by atoms with Crippen LogP contribution in [0.2, 0.25) is 0 Å². The summed E-state index contributed by atoms with van der Waals surface area (Å²) in [6.45, 7) is 13.5. The lowest BCUT2D eigenvalue weighted by Crippen LogP contribution is -2.33. The number of ether oxygens (including phenoxy) is 3. The van der Waals surface area contributed by atoms with Crippen LogP contribution in [0.5, 0.6) is 0 Å². The minimum atomic E-state index is -1.48. The molecule has 3 aromatic rings. The molecule has 3 aromatic carbocycles. The van der Waals surface area contributed by atoms with Gasteiger partial charge in [0, 0.05) is 0 Å². The highest BCUT2D eigenvalue weighted by Gasteiger charge is 2.39. The van der Waals surface area contributed by atoms with E-state index in [2.05, 4.69) is 19.7 Å². The van der Waals surface area contributed by atoms with Crippen molar-refractivity contribution in [2.24, 2.45) is 0 Å². The number of aliphatic hydroxyl groups is 1. The molecule has 0 heterocycles. The predicted octanol–water partition coefficient (Wildman–Crippen LogP) is 6.08. The molecule has 0 aliphatic heterocycles. The fraction of sp³-hybridized carbons (Fsp3) is 0.226. The highest BCUT2D eigenvalue weighted by atomic mass is 16.5. The van der Waals surface area contributed by atoms with E-state index in [4.69, 9.17) is 14.2 Å². The van der Waals surface area contributed by atoms with Crippen molar-refractivity contribution >= 4 is 0 Å². The van der Waals surface area contributed by atoms with Crippen LogP contribution in [0.25, 0.3) is 0 Å². The van der Waals surface area contributed by atoms with Gasteiger partial charge in [0.25, 0.3) is 0 Å². The zero-order chi connectivity index (χ0) is 24.9. The summed E-state index contributed by atoms with van der Waals surface area (Å²) in [6, 6.07) is 23.5. The fourth-order valence-corrected chi connectivity index (χ4v) is 4.19. The third kappa shape index (κ3) is 6.44. The summed E-state index contributed by atoms with van der Waals surface area (Å²) in [7, 11) is 0. The highest BCUT2D eigenvalue weighted by molar-refractivity contribution is 5.54. The lowest BCUT2D eigenvalue weighted by molar-refractivity contribution is 0.101. The summed E-state index contributed by atoms with van der Waals surface area (Å²) in [4.78, 5) is 0. The molecule has 0 aliphatic carbocycles. The van der Waals surface area contributed by atoms with Gasteiger partial charge in [0.2, 0.25) is 0 Å². The Labute approximate surface area is 208 Å². The summed E-state index contributed by atoms with van der Waals surface area (Å²) in [5.41, 5.74) is 3.43. The molecule has 0 bridgehead atoms. The van der Waals surface area contributed by atoms with E-state index in [1.54, 1.807) is 18.2 Å². The monoisotopic (exact) mass is 470 g/mol. The van der Waals surface area contributed by atoms with Crippen molar-refractivity contribution in [2.45, 2.75) is 25.4 Å². The molecule has 182 valence electrons. The molecule has 0 fully saturated rings. The van der Waals surface area contributed by atoms with Crippen molar-refractivity contribution in [3.63, 3.8) is 0 Å². The summed E-state index contributed by atoms with van der Waals surface area (Å²) in [5, 5.41) is 12.8. The average Bonchev–Trinajstić information content (AvgIpc) is 2.90. The molecule has 0 aliphatic rings. The minimum Gasteiger partial charge on any atom is -0.376 e. The van der Waals surface area contributed by atoms with Gasteiger partial charge in [-0.25, -0.2) is 0 Å². The lowest BCUT2D eigenvalue weighted by atomic mass is 9.75. The molecule has 0 amide bonds. The van der Waals surface area contributed by atoms with E-state index in [0.29, 0.717) is 39.6 Å². The van der Waals surface area contributed by atoms with Crippen molar-refractivity contribution < 1.29 is 19.3 Å². The van der Waals surface area contributed by atoms with Gasteiger partial charge in [-0.15, -0.1) is 19.7 Å². The zero-order valence-corrected chi connectivity index (χ0v) is 20.2. The van der Waals surface area contributed by atoms with Gasteiger partial charge in [-0.1, -0.05) is 91.0 Å². The smallest absolute Gasteiger partial charge is 0.141 e. The standard InChI is InChI=1S/C31H34O4/c1-4-19-33-22-25-13-7-10-16-28(25)31(32,29-17-11-8-14-26(29)23-34-20-5-2)30-18-12-9-15-27(30)24-35-21-6-3/h4-18,32H,1-3,19-24H2. The van der Waals surface area contributed by atoms with Gasteiger partial charge in [0.15, 0.2) is 0 Å². The number of hydrogen-bond donors (Lipinski definition) is 1. The van der Waals surface area contributed by atoms with Crippen LogP contribution in [-0.2, 0) is 39.6 Å². The molecule has 0 spiro atoms. The molecule has 1 N–H and O–H groups in total. The maximum absolute atomic E-state index is 12.8. The molecular weight excluding hydrogens is 436 g/mol. The van der Waals surface area contributed by atoms with Crippen LogP contribution in [-0.4, -0.2) is 24.9 Å². The molecule has 0 unspecified atom stereocenters. The van der Waals surface area contributed by atoms with E-state index >= 15 is 0 Å². The van der Waals surface area contributed by atoms with E-state index in [-0.39, 0.29) is 0 Å². The van der Waals surface area contributed by atoms with Gasteiger partial charge in [-0.05, 0) is 33.4 Å². The molecule has 35 heavy (non-hydrogen) atoms. The molecule has 0 saturated heterocycles. The van der Waals surface area contributed by atoms with Crippen molar-refractivity contribution in [3.8, 4) is 0 Å². The maximum Gasteiger partial charge on any atom is 0.141 e. The zero-order valence-electron chi connectivity index (χ0n) is 20.2. The van der Waals surface area contributed by atoms with E-state index in [0.717, 1.165) is 33.4 Å². The highest BCUT2D eigenvalue weighted by Crippen LogP contribution is 2.42. The second kappa shape index (κ2) is 13.6. The van der Waals surface area contributed by atoms with Gasteiger partial charge >= 0.3 is 0 Å². The maximum atomic E-state index is 12.8. The summed E-state index contributed by atoms with van der Waals surface area (Å²) >= 11 is 0. The van der Waals surface area contributed by atoms with Crippen molar-refractivity contribution in [2.75, 3.05) is 19.8 Å². The van der Waals surface area contributed by atoms with Crippen molar-refractivity contribution in [1.82, 2.24) is 0 Å². The molecule has 4 heteroatoms. The Balaban J connectivity index is 2.23. The fourth-order valence-electron chi connectivity index (χ4n) is 4.19. The molecule has 3 rings (SSSR count). The Morgan fingerprint density at radius 1 is 0.543 bits per heavy atom. The van der Waals surface area contributed by atoms with E-state index < -0.39 is 5.60 Å². The average molecular weight is 471 g/mol. The Bertz CT molecular complexity index is 979. The second-order valence-electron chi connectivity index (χ2n) is 8.09. The summed E-state index contributed by atoms with van der Waals surface area (Å²) in [5.74, 6) is 0. The number of hydrogen-bond acceptors (Lipinski definition) is 4.